The number of likely N-dealkylation sites (tertiary alicyclic amines) is 1. The van der Waals surface area contributed by atoms with Crippen molar-refractivity contribution in [2.24, 2.45) is 0 Å². The molecule has 1 N–H and O–H groups in total. The molecule has 104 valence electrons. The van der Waals surface area contributed by atoms with E-state index >= 15 is 0 Å². The average Bonchev–Trinajstić information content (AvgIpc) is 2.62. The van der Waals surface area contributed by atoms with E-state index in [1.54, 1.807) is 0 Å². The van der Waals surface area contributed by atoms with Gasteiger partial charge in [-0.1, -0.05) is 13.3 Å². The van der Waals surface area contributed by atoms with E-state index in [9.17, 15) is 9.59 Å². The minimum atomic E-state index is -0.274. The molecule has 1 saturated heterocycles. The Morgan fingerprint density at radius 1 is 1.33 bits per heavy atom. The number of nitrogens with zero attached hydrogens (tertiary/aromatic N) is 1. The fraction of sp³-hybridized carbons (Fsp3) is 0.846. The van der Waals surface area contributed by atoms with Crippen molar-refractivity contribution in [3.05, 3.63) is 0 Å². The zero-order valence-electron chi connectivity index (χ0n) is 11.4. The fourth-order valence-corrected chi connectivity index (χ4v) is 2.62. The number of carbonyl (C=O) groups excluding carboxylic acids is 2. The molecule has 1 heterocycles. The van der Waals surface area contributed by atoms with Crippen molar-refractivity contribution in [2.75, 3.05) is 25.1 Å². The molecule has 0 saturated carbocycles. The van der Waals surface area contributed by atoms with E-state index < -0.39 is 0 Å². The maximum atomic E-state index is 11.9. The normalized spacial score (nSPS) is 19.9. The minimum absolute atomic E-state index is 0.0262. The first-order valence-corrected chi connectivity index (χ1v) is 8.16. The smallest absolute Gasteiger partial charge is 0.246 e. The third kappa shape index (κ3) is 4.61. The van der Waals surface area contributed by atoms with Crippen LogP contribution < -0.4 is 5.32 Å². The van der Waals surface area contributed by atoms with Crippen LogP contribution in [0.15, 0.2) is 0 Å². The molecule has 5 heteroatoms. The zero-order chi connectivity index (χ0) is 13.4. The minimum Gasteiger partial charge on any atom is -0.305 e. The Morgan fingerprint density at radius 3 is 2.78 bits per heavy atom. The predicted molar refractivity (Wildman–Crippen MR) is 75.7 cm³/mol. The summed E-state index contributed by atoms with van der Waals surface area (Å²) in [6.07, 6.45) is 6.77. The number of nitrogens with one attached hydrogen (secondary N) is 1. The number of carbonyl (C=O) groups is 2. The Bertz CT molecular complexity index is 284. The summed E-state index contributed by atoms with van der Waals surface area (Å²) < 4.78 is 0. The Labute approximate surface area is 114 Å². The second-order valence-corrected chi connectivity index (χ2v) is 5.63. The van der Waals surface area contributed by atoms with E-state index in [2.05, 4.69) is 11.6 Å². The van der Waals surface area contributed by atoms with Crippen LogP contribution in [0, 0.1) is 0 Å². The average molecular weight is 272 g/mol. The highest BCUT2D eigenvalue weighted by molar-refractivity contribution is 7.98. The molecule has 1 aliphatic heterocycles. The quantitative estimate of drug-likeness (QED) is 0.512. The maximum Gasteiger partial charge on any atom is 0.246 e. The van der Waals surface area contributed by atoms with Crippen molar-refractivity contribution in [3.63, 3.8) is 0 Å². The van der Waals surface area contributed by atoms with E-state index in [0.717, 1.165) is 19.4 Å². The van der Waals surface area contributed by atoms with Crippen LogP contribution in [-0.2, 0) is 9.59 Å². The second kappa shape index (κ2) is 8.53. The van der Waals surface area contributed by atoms with Crippen LogP contribution in [0.1, 0.15) is 39.0 Å². The molecule has 2 amide bonds. The molecule has 1 fully saturated rings. The van der Waals surface area contributed by atoms with Gasteiger partial charge in [0.1, 0.15) is 0 Å². The molecule has 1 atom stereocenters. The summed E-state index contributed by atoms with van der Waals surface area (Å²) in [5.74, 6) is 1.14. The van der Waals surface area contributed by atoms with Crippen molar-refractivity contribution in [1.82, 2.24) is 10.2 Å². The Balaban J connectivity index is 2.19. The van der Waals surface area contributed by atoms with Gasteiger partial charge < -0.3 is 5.32 Å². The Morgan fingerprint density at radius 2 is 2.11 bits per heavy atom. The van der Waals surface area contributed by atoms with Crippen LogP contribution >= 0.6 is 11.8 Å². The summed E-state index contributed by atoms with van der Waals surface area (Å²) in [6, 6.07) is -0.274. The van der Waals surface area contributed by atoms with Gasteiger partial charge >= 0.3 is 0 Å². The second-order valence-electron chi connectivity index (χ2n) is 4.65. The lowest BCUT2D eigenvalue weighted by Gasteiger charge is -2.14. The molecule has 0 aliphatic carbocycles. The lowest BCUT2D eigenvalue weighted by atomic mass is 10.2. The number of hydrogen-bond acceptors (Lipinski definition) is 4. The summed E-state index contributed by atoms with van der Waals surface area (Å²) in [4.78, 5) is 24.9. The first-order chi connectivity index (χ1) is 8.70. The van der Waals surface area contributed by atoms with E-state index in [-0.39, 0.29) is 17.9 Å². The molecule has 0 spiro atoms. The van der Waals surface area contributed by atoms with E-state index in [4.69, 9.17) is 0 Å². The lowest BCUT2D eigenvalue weighted by molar-refractivity contribution is -0.138. The standard InChI is InChI=1S/C13H24N2O2S/c1-3-8-15-12(16)10-11(13(15)17)14-7-5-4-6-9-18-2/h11,14H,3-10H2,1-2H3. The summed E-state index contributed by atoms with van der Waals surface area (Å²) in [5, 5.41) is 3.21. The Hall–Kier alpha value is -0.550. The van der Waals surface area contributed by atoms with E-state index in [1.807, 2.05) is 18.7 Å². The molecule has 0 aromatic rings. The maximum absolute atomic E-state index is 11.9. The molecule has 1 aliphatic rings. The van der Waals surface area contributed by atoms with Crippen LogP contribution in [0.5, 0.6) is 0 Å². The first kappa shape index (κ1) is 15.5. The number of rotatable bonds is 9. The zero-order valence-corrected chi connectivity index (χ0v) is 12.2. The van der Waals surface area contributed by atoms with Gasteiger partial charge in [0.05, 0.1) is 12.5 Å². The van der Waals surface area contributed by atoms with Crippen molar-refractivity contribution in [3.8, 4) is 0 Å². The van der Waals surface area contributed by atoms with Gasteiger partial charge in [-0.2, -0.15) is 11.8 Å². The molecule has 18 heavy (non-hydrogen) atoms. The summed E-state index contributed by atoms with van der Waals surface area (Å²) >= 11 is 1.87. The van der Waals surface area contributed by atoms with Gasteiger partial charge in [0.2, 0.25) is 11.8 Å². The number of imide groups is 1. The van der Waals surface area contributed by atoms with Gasteiger partial charge in [0, 0.05) is 6.54 Å². The molecule has 0 aromatic carbocycles. The van der Waals surface area contributed by atoms with Crippen molar-refractivity contribution >= 4 is 23.6 Å². The van der Waals surface area contributed by atoms with E-state index in [1.165, 1.54) is 23.5 Å². The van der Waals surface area contributed by atoms with Crippen LogP contribution in [0.4, 0.5) is 0 Å². The molecule has 4 nitrogen and oxygen atoms in total. The SMILES string of the molecule is CCCN1C(=O)CC(NCCCCCSC)C1=O. The van der Waals surface area contributed by atoms with Gasteiger partial charge in [-0.05, 0) is 37.8 Å². The highest BCUT2D eigenvalue weighted by atomic mass is 32.2. The number of thioether (sulfide) groups is 1. The van der Waals surface area contributed by atoms with Crippen molar-refractivity contribution in [2.45, 2.75) is 45.1 Å². The van der Waals surface area contributed by atoms with Crippen molar-refractivity contribution in [1.29, 1.82) is 0 Å². The largest absolute Gasteiger partial charge is 0.305 e. The fourth-order valence-electron chi connectivity index (χ4n) is 2.13. The monoisotopic (exact) mass is 272 g/mol. The van der Waals surface area contributed by atoms with Gasteiger partial charge in [-0.3, -0.25) is 14.5 Å². The summed E-state index contributed by atoms with van der Waals surface area (Å²) in [7, 11) is 0. The molecule has 0 radical (unpaired) electrons. The third-order valence-electron chi connectivity index (χ3n) is 3.11. The van der Waals surface area contributed by atoms with E-state index in [0.29, 0.717) is 13.0 Å². The van der Waals surface area contributed by atoms with Crippen LogP contribution in [0.3, 0.4) is 0 Å². The molecule has 0 bridgehead atoms. The van der Waals surface area contributed by atoms with Crippen LogP contribution in [-0.4, -0.2) is 47.9 Å². The van der Waals surface area contributed by atoms with Gasteiger partial charge in [0.15, 0.2) is 0 Å². The molecule has 1 rings (SSSR count). The third-order valence-corrected chi connectivity index (χ3v) is 3.80. The predicted octanol–water partition coefficient (Wildman–Crippen LogP) is 1.65. The molecular formula is C13H24N2O2S. The summed E-state index contributed by atoms with van der Waals surface area (Å²) in [5.41, 5.74) is 0. The van der Waals surface area contributed by atoms with Crippen LogP contribution in [0.25, 0.3) is 0 Å². The highest BCUT2D eigenvalue weighted by Gasteiger charge is 2.37. The highest BCUT2D eigenvalue weighted by Crippen LogP contribution is 2.13. The van der Waals surface area contributed by atoms with Crippen LogP contribution in [0.2, 0.25) is 0 Å². The van der Waals surface area contributed by atoms with Gasteiger partial charge in [-0.25, -0.2) is 0 Å². The van der Waals surface area contributed by atoms with Crippen molar-refractivity contribution < 1.29 is 9.59 Å². The number of hydrogen-bond donors (Lipinski definition) is 1. The Kier molecular flexibility index (Phi) is 7.35. The number of unbranched alkanes of at least 4 members (excludes halogenated alkanes) is 2. The molecular weight excluding hydrogens is 248 g/mol. The molecule has 1 unspecified atom stereocenters. The topological polar surface area (TPSA) is 49.4 Å². The summed E-state index contributed by atoms with van der Waals surface area (Å²) in [6.45, 7) is 3.37. The van der Waals surface area contributed by atoms with Gasteiger partial charge in [-0.15, -0.1) is 0 Å². The lowest BCUT2D eigenvalue weighted by Crippen LogP contribution is -2.39. The first-order valence-electron chi connectivity index (χ1n) is 6.77. The molecule has 0 aromatic heterocycles. The van der Waals surface area contributed by atoms with Gasteiger partial charge in [0.25, 0.3) is 0 Å². The number of amides is 2.